The number of carbonyl (C=O) groups is 1. The van der Waals surface area contributed by atoms with Crippen LogP contribution in [0.3, 0.4) is 0 Å². The van der Waals surface area contributed by atoms with Crippen LogP contribution in [0.4, 0.5) is 24.5 Å². The van der Waals surface area contributed by atoms with Crippen LogP contribution in [0.1, 0.15) is 73.5 Å². The zero-order valence-electron chi connectivity index (χ0n) is 25.6. The highest BCUT2D eigenvalue weighted by molar-refractivity contribution is 14.1. The molecule has 244 valence electrons. The molecule has 0 saturated carbocycles. The van der Waals surface area contributed by atoms with Gasteiger partial charge in [0.15, 0.2) is 11.6 Å². The lowest BCUT2D eigenvalue weighted by Gasteiger charge is -2.46. The predicted molar refractivity (Wildman–Crippen MR) is 176 cm³/mol. The lowest BCUT2D eigenvalue weighted by molar-refractivity contribution is -0.0906. The molecule has 1 heterocycles. The number of nitrogens with zero attached hydrogens (tertiary/aromatic N) is 1. The van der Waals surface area contributed by atoms with E-state index in [-0.39, 0.29) is 42.3 Å². The molecule has 1 amide bonds. The fourth-order valence-corrected chi connectivity index (χ4v) is 7.44. The van der Waals surface area contributed by atoms with Gasteiger partial charge >= 0.3 is 0 Å². The number of likely N-dealkylation sites (tertiary alicyclic amines) is 1. The summed E-state index contributed by atoms with van der Waals surface area (Å²) in [6, 6.07) is 9.90. The lowest BCUT2D eigenvalue weighted by Crippen LogP contribution is -2.63. The summed E-state index contributed by atoms with van der Waals surface area (Å²) in [5, 5.41) is 13.5. The Labute approximate surface area is 276 Å². The molecule has 0 unspecified atom stereocenters. The van der Waals surface area contributed by atoms with Gasteiger partial charge in [-0.05, 0) is 88.9 Å². The number of hydrogen-bond donors (Lipinski definition) is 2. The fraction of sp³-hybridized carbons (Fsp3) is 0.424. The number of benzene rings is 3. The number of nitrogens with one attached hydrogen (secondary N) is 1. The Kier molecular flexibility index (Phi) is 11.6. The highest BCUT2D eigenvalue weighted by Crippen LogP contribution is 2.34. The molecule has 2 N–H and O–H groups in total. The number of anilines is 2. The van der Waals surface area contributed by atoms with Crippen molar-refractivity contribution in [2.24, 2.45) is 0 Å². The molecule has 1 fully saturated rings. The number of rotatable bonds is 14. The second-order valence-corrected chi connectivity index (χ2v) is 14.2. The summed E-state index contributed by atoms with van der Waals surface area (Å²) in [4.78, 5) is 14.7. The average molecular weight is 759 g/mol. The van der Waals surface area contributed by atoms with Gasteiger partial charge in [-0.1, -0.05) is 52.2 Å². The molecule has 7 nitrogen and oxygen atoms in total. The van der Waals surface area contributed by atoms with Gasteiger partial charge in [-0.25, -0.2) is 13.2 Å². The van der Waals surface area contributed by atoms with E-state index in [1.807, 2.05) is 48.6 Å². The maximum absolute atomic E-state index is 14.8. The van der Waals surface area contributed by atoms with E-state index in [0.29, 0.717) is 16.4 Å². The first-order valence-electron chi connectivity index (χ1n) is 15.1. The smallest absolute Gasteiger partial charge is 0.297 e. The molecule has 4 rings (SSSR count). The van der Waals surface area contributed by atoms with Crippen molar-refractivity contribution < 1.29 is 35.7 Å². The number of aliphatic hydroxyl groups is 1. The van der Waals surface area contributed by atoms with Gasteiger partial charge in [0.05, 0.1) is 36.6 Å². The number of β-amino-alcohol motifs (C(OH)–C–C–N with tert-alkyl or cyclic N) is 1. The van der Waals surface area contributed by atoms with Gasteiger partial charge < -0.3 is 15.3 Å². The summed E-state index contributed by atoms with van der Waals surface area (Å²) < 4.78 is 76.4. The van der Waals surface area contributed by atoms with E-state index >= 15 is 0 Å². The average Bonchev–Trinajstić information content (AvgIpc) is 2.95. The molecule has 0 radical (unpaired) electrons. The molecule has 3 aromatic carbocycles. The Morgan fingerprint density at radius 3 is 2.16 bits per heavy atom. The number of hydrogen-bond acceptors (Lipinski definition) is 6. The van der Waals surface area contributed by atoms with Crippen molar-refractivity contribution in [1.29, 1.82) is 0 Å². The standard InChI is InChI=1S/C33H38F3IN2O5S/c1-4-7-21-16-22(8-5-2)31(23(17-21)9-6-3)45(42,43)44-15-14-33(41)19-39(20-33)32(40)25-11-12-26(34)29(36)30(25)38-28-13-10-24(37)18-27(28)35/h10-13,16-18,38,41H,4-9,14-15,19-20H2,1-3H3. The van der Waals surface area contributed by atoms with Crippen molar-refractivity contribution >= 4 is 50.0 Å². The third kappa shape index (κ3) is 8.19. The summed E-state index contributed by atoms with van der Waals surface area (Å²) >= 11 is 1.91. The van der Waals surface area contributed by atoms with Crippen LogP contribution in [0.25, 0.3) is 0 Å². The van der Waals surface area contributed by atoms with Crippen molar-refractivity contribution in [1.82, 2.24) is 4.90 Å². The maximum atomic E-state index is 14.8. The van der Waals surface area contributed by atoms with Crippen molar-refractivity contribution in [3.63, 3.8) is 0 Å². The van der Waals surface area contributed by atoms with Gasteiger partial charge in [0, 0.05) is 9.99 Å². The van der Waals surface area contributed by atoms with Gasteiger partial charge in [-0.3, -0.25) is 8.98 Å². The number of halogens is 4. The summed E-state index contributed by atoms with van der Waals surface area (Å²) in [7, 11) is -4.14. The van der Waals surface area contributed by atoms with Crippen molar-refractivity contribution in [2.75, 3.05) is 25.0 Å². The molecule has 0 aliphatic carbocycles. The van der Waals surface area contributed by atoms with Gasteiger partial charge in [0.25, 0.3) is 16.0 Å². The fourth-order valence-electron chi connectivity index (χ4n) is 5.60. The van der Waals surface area contributed by atoms with E-state index in [2.05, 4.69) is 12.2 Å². The Morgan fingerprint density at radius 2 is 1.58 bits per heavy atom. The first-order valence-corrected chi connectivity index (χ1v) is 17.6. The normalized spacial score (nSPS) is 14.4. The largest absolute Gasteiger partial charge is 0.386 e. The molecule has 1 aliphatic heterocycles. The zero-order valence-corrected chi connectivity index (χ0v) is 28.5. The molecule has 3 aromatic rings. The van der Waals surface area contributed by atoms with Crippen LogP contribution in [-0.4, -0.2) is 49.6 Å². The topological polar surface area (TPSA) is 95.9 Å². The molecule has 0 atom stereocenters. The molecule has 0 aromatic heterocycles. The zero-order chi connectivity index (χ0) is 32.9. The SMILES string of the molecule is CCCc1cc(CCC)c(S(=O)(=O)OCCC2(O)CN(C(=O)c3ccc(F)c(F)c3Nc3ccc(I)cc3F)C2)c(CCC)c1. The van der Waals surface area contributed by atoms with Crippen LogP contribution in [-0.2, 0) is 33.6 Å². The van der Waals surface area contributed by atoms with Crippen molar-refractivity contribution in [3.05, 3.63) is 85.7 Å². The van der Waals surface area contributed by atoms with Gasteiger partial charge in [-0.2, -0.15) is 8.42 Å². The van der Waals surface area contributed by atoms with E-state index in [1.54, 1.807) is 6.07 Å². The van der Waals surface area contributed by atoms with E-state index < -0.39 is 44.8 Å². The third-order valence-corrected chi connectivity index (χ3v) is 9.88. The molecular weight excluding hydrogens is 720 g/mol. The maximum Gasteiger partial charge on any atom is 0.297 e. The van der Waals surface area contributed by atoms with Gasteiger partial charge in [-0.15, -0.1) is 0 Å². The first kappa shape index (κ1) is 35.2. The highest BCUT2D eigenvalue weighted by Gasteiger charge is 2.44. The van der Waals surface area contributed by atoms with Crippen molar-refractivity contribution in [3.8, 4) is 0 Å². The van der Waals surface area contributed by atoms with E-state index in [1.165, 1.54) is 17.0 Å². The molecule has 0 spiro atoms. The Balaban J connectivity index is 1.45. The Hall–Kier alpha value is -2.68. The Morgan fingerprint density at radius 1 is 0.956 bits per heavy atom. The second kappa shape index (κ2) is 14.8. The Bertz CT molecular complexity index is 1640. The molecule has 1 aliphatic rings. The van der Waals surface area contributed by atoms with Crippen molar-refractivity contribution in [2.45, 2.75) is 76.2 Å². The van der Waals surface area contributed by atoms with Crippen LogP contribution in [0.5, 0.6) is 0 Å². The monoisotopic (exact) mass is 758 g/mol. The molecular formula is C33H38F3IN2O5S. The second-order valence-electron chi connectivity index (χ2n) is 11.4. The number of aryl methyl sites for hydroxylation is 3. The van der Waals surface area contributed by atoms with E-state index in [0.717, 1.165) is 54.5 Å². The summed E-state index contributed by atoms with van der Waals surface area (Å²) in [5.41, 5.74) is 0.200. The lowest BCUT2D eigenvalue weighted by atomic mass is 9.90. The highest BCUT2D eigenvalue weighted by atomic mass is 127. The van der Waals surface area contributed by atoms with E-state index in [4.69, 9.17) is 4.18 Å². The number of carbonyl (C=O) groups excluding carboxylic acids is 1. The van der Waals surface area contributed by atoms with E-state index in [9.17, 15) is 31.5 Å². The van der Waals surface area contributed by atoms with Crippen LogP contribution in [0.15, 0.2) is 47.4 Å². The first-order chi connectivity index (χ1) is 21.3. The van der Waals surface area contributed by atoms with Crippen LogP contribution in [0.2, 0.25) is 0 Å². The minimum absolute atomic E-state index is 0.0765. The quantitative estimate of drug-likeness (QED) is 0.133. The summed E-state index contributed by atoms with van der Waals surface area (Å²) in [6.45, 7) is 5.38. The third-order valence-electron chi connectivity index (χ3n) is 7.71. The van der Waals surface area contributed by atoms with Crippen LogP contribution >= 0.6 is 22.6 Å². The predicted octanol–water partition coefficient (Wildman–Crippen LogP) is 7.29. The molecule has 45 heavy (non-hydrogen) atoms. The van der Waals surface area contributed by atoms with Gasteiger partial charge in [0.1, 0.15) is 16.3 Å². The van der Waals surface area contributed by atoms with Gasteiger partial charge in [0.2, 0.25) is 0 Å². The minimum atomic E-state index is -4.14. The van der Waals surface area contributed by atoms with Crippen LogP contribution in [0, 0.1) is 21.0 Å². The number of amides is 1. The minimum Gasteiger partial charge on any atom is -0.386 e. The summed E-state index contributed by atoms with van der Waals surface area (Å²) in [5.74, 6) is -3.98. The summed E-state index contributed by atoms with van der Waals surface area (Å²) in [6.07, 6.45) is 4.42. The molecule has 1 saturated heterocycles. The molecule has 0 bridgehead atoms. The van der Waals surface area contributed by atoms with Crippen LogP contribution < -0.4 is 5.32 Å². The molecule has 12 heteroatoms.